The summed E-state index contributed by atoms with van der Waals surface area (Å²) in [6.07, 6.45) is 1.74. The smallest absolute Gasteiger partial charge is 0.143 e. The summed E-state index contributed by atoms with van der Waals surface area (Å²) in [5, 5.41) is 3.37. The first kappa shape index (κ1) is 16.0. The van der Waals surface area contributed by atoms with Crippen LogP contribution in [0.2, 0.25) is 0 Å². The average molecular weight is 397 g/mol. The van der Waals surface area contributed by atoms with Crippen LogP contribution >= 0.6 is 22.6 Å². The molecule has 0 atom stereocenters. The lowest BCUT2D eigenvalue weighted by molar-refractivity contribution is 0.410. The van der Waals surface area contributed by atoms with E-state index in [4.69, 9.17) is 4.74 Å². The number of aromatic nitrogens is 2. The number of benzene rings is 1. The van der Waals surface area contributed by atoms with Crippen molar-refractivity contribution in [1.82, 2.24) is 9.97 Å². The van der Waals surface area contributed by atoms with Crippen molar-refractivity contribution < 1.29 is 4.74 Å². The van der Waals surface area contributed by atoms with Crippen LogP contribution in [0.25, 0.3) is 0 Å². The number of methoxy groups -OCH3 is 1. The van der Waals surface area contributed by atoms with Crippen molar-refractivity contribution in [2.24, 2.45) is 0 Å². The number of hydrogen-bond acceptors (Lipinski definition) is 4. The minimum atomic E-state index is 0.669. The van der Waals surface area contributed by atoms with Gasteiger partial charge in [0.15, 0.2) is 0 Å². The monoisotopic (exact) mass is 397 g/mol. The maximum absolute atomic E-state index is 5.39. The first-order valence-corrected chi connectivity index (χ1v) is 8.12. The summed E-state index contributed by atoms with van der Waals surface area (Å²) < 4.78 is 6.48. The van der Waals surface area contributed by atoms with E-state index in [-0.39, 0.29) is 0 Å². The molecule has 0 aliphatic carbocycles. The molecule has 112 valence electrons. The summed E-state index contributed by atoms with van der Waals surface area (Å²) in [6, 6.07) is 7.99. The number of para-hydroxylation sites is 1. The lowest BCUT2D eigenvalue weighted by Crippen LogP contribution is -2.09. The predicted octanol–water partition coefficient (Wildman–Crippen LogP) is 3.81. The molecule has 0 saturated heterocycles. The van der Waals surface area contributed by atoms with Gasteiger partial charge in [-0.25, -0.2) is 9.97 Å². The van der Waals surface area contributed by atoms with Gasteiger partial charge in [0.25, 0.3) is 0 Å². The van der Waals surface area contributed by atoms with E-state index in [2.05, 4.69) is 50.9 Å². The van der Waals surface area contributed by atoms with Gasteiger partial charge in [0.2, 0.25) is 0 Å². The Bertz CT molecular complexity index is 616. The summed E-state index contributed by atoms with van der Waals surface area (Å²) >= 11 is 2.29. The molecule has 0 fully saturated rings. The van der Waals surface area contributed by atoms with Crippen LogP contribution in [-0.2, 0) is 6.42 Å². The Morgan fingerprint density at radius 3 is 2.71 bits per heavy atom. The van der Waals surface area contributed by atoms with Gasteiger partial charge in [-0.3, -0.25) is 0 Å². The van der Waals surface area contributed by atoms with Crippen LogP contribution < -0.4 is 10.1 Å². The molecular formula is C16H20IN3O. The number of nitrogens with one attached hydrogen (secondary N) is 1. The third kappa shape index (κ3) is 4.06. The van der Waals surface area contributed by atoms with Crippen molar-refractivity contribution in [3.05, 3.63) is 44.9 Å². The molecule has 21 heavy (non-hydrogen) atoms. The third-order valence-electron chi connectivity index (χ3n) is 3.15. The highest BCUT2D eigenvalue weighted by molar-refractivity contribution is 14.1. The van der Waals surface area contributed by atoms with Crippen molar-refractivity contribution in [3.63, 3.8) is 0 Å². The van der Waals surface area contributed by atoms with Crippen LogP contribution in [0.3, 0.4) is 0 Å². The molecule has 0 saturated carbocycles. The Balaban J connectivity index is 2.29. The molecule has 0 spiro atoms. The van der Waals surface area contributed by atoms with E-state index in [1.807, 2.05) is 25.1 Å². The SMILES string of the molecule is CCCNc1nc(Cc2ccccc2OC)nc(C)c1I. The van der Waals surface area contributed by atoms with Crippen molar-refractivity contribution >= 4 is 28.4 Å². The van der Waals surface area contributed by atoms with Gasteiger partial charge in [-0.1, -0.05) is 25.1 Å². The normalized spacial score (nSPS) is 10.5. The quantitative estimate of drug-likeness (QED) is 0.754. The van der Waals surface area contributed by atoms with E-state index >= 15 is 0 Å². The topological polar surface area (TPSA) is 47.0 Å². The Kier molecular flexibility index (Phi) is 5.78. The average Bonchev–Trinajstić information content (AvgIpc) is 2.50. The van der Waals surface area contributed by atoms with Crippen molar-refractivity contribution in [1.29, 1.82) is 0 Å². The van der Waals surface area contributed by atoms with E-state index in [0.717, 1.165) is 45.2 Å². The fourth-order valence-electron chi connectivity index (χ4n) is 2.08. The second-order valence-electron chi connectivity index (χ2n) is 4.80. The van der Waals surface area contributed by atoms with Crippen molar-refractivity contribution in [2.75, 3.05) is 19.0 Å². The molecule has 5 heteroatoms. The fourth-order valence-corrected chi connectivity index (χ4v) is 2.51. The molecule has 0 aliphatic heterocycles. The number of nitrogens with zero attached hydrogens (tertiary/aromatic N) is 2. The van der Waals surface area contributed by atoms with Gasteiger partial charge in [-0.05, 0) is 42.0 Å². The van der Waals surface area contributed by atoms with Crippen molar-refractivity contribution in [3.8, 4) is 5.75 Å². The fraction of sp³-hybridized carbons (Fsp3) is 0.375. The van der Waals surface area contributed by atoms with Gasteiger partial charge in [0.05, 0.1) is 16.4 Å². The van der Waals surface area contributed by atoms with Crippen LogP contribution in [0, 0.1) is 10.5 Å². The maximum Gasteiger partial charge on any atom is 0.143 e. The lowest BCUT2D eigenvalue weighted by Gasteiger charge is -2.12. The van der Waals surface area contributed by atoms with Gasteiger partial charge in [-0.2, -0.15) is 0 Å². The summed E-state index contributed by atoms with van der Waals surface area (Å²) in [5.74, 6) is 2.62. The molecule has 4 nitrogen and oxygen atoms in total. The second kappa shape index (κ2) is 7.59. The highest BCUT2D eigenvalue weighted by Crippen LogP contribution is 2.23. The van der Waals surface area contributed by atoms with E-state index in [1.54, 1.807) is 7.11 Å². The van der Waals surface area contributed by atoms with E-state index in [0.29, 0.717) is 6.42 Å². The van der Waals surface area contributed by atoms with E-state index in [1.165, 1.54) is 0 Å². The molecule has 2 aromatic rings. The summed E-state index contributed by atoms with van der Waals surface area (Å²) in [7, 11) is 1.69. The molecule has 1 aromatic heterocycles. The van der Waals surface area contributed by atoms with Crippen molar-refractivity contribution in [2.45, 2.75) is 26.7 Å². The molecule has 0 amide bonds. The Labute approximate surface area is 139 Å². The molecule has 0 bridgehead atoms. The summed E-state index contributed by atoms with van der Waals surface area (Å²) in [5.41, 5.74) is 2.11. The molecule has 1 aromatic carbocycles. The molecule has 1 heterocycles. The third-order valence-corrected chi connectivity index (χ3v) is 4.44. The zero-order valence-corrected chi connectivity index (χ0v) is 14.8. The van der Waals surface area contributed by atoms with Crippen LogP contribution in [0.5, 0.6) is 5.75 Å². The van der Waals surface area contributed by atoms with E-state index in [9.17, 15) is 0 Å². The van der Waals surface area contributed by atoms with Gasteiger partial charge in [0.1, 0.15) is 17.4 Å². The van der Waals surface area contributed by atoms with Crippen LogP contribution in [0.4, 0.5) is 5.82 Å². The molecule has 0 radical (unpaired) electrons. The summed E-state index contributed by atoms with van der Waals surface area (Å²) in [4.78, 5) is 9.25. The number of hydrogen-bond donors (Lipinski definition) is 1. The number of aryl methyl sites for hydroxylation is 1. The first-order chi connectivity index (χ1) is 10.2. The Hall–Kier alpha value is -1.37. The molecule has 0 aliphatic rings. The predicted molar refractivity (Wildman–Crippen MR) is 94.1 cm³/mol. The number of anilines is 1. The molecule has 0 unspecified atom stereocenters. The second-order valence-corrected chi connectivity index (χ2v) is 5.88. The maximum atomic E-state index is 5.39. The standard InChI is InChI=1S/C16H20IN3O/c1-4-9-18-16-15(17)11(2)19-14(20-16)10-12-7-5-6-8-13(12)21-3/h5-8H,4,9-10H2,1-3H3,(H,18,19,20). The highest BCUT2D eigenvalue weighted by atomic mass is 127. The zero-order valence-electron chi connectivity index (χ0n) is 12.6. The Morgan fingerprint density at radius 1 is 1.24 bits per heavy atom. The van der Waals surface area contributed by atoms with Crippen LogP contribution in [0.15, 0.2) is 24.3 Å². The first-order valence-electron chi connectivity index (χ1n) is 7.04. The highest BCUT2D eigenvalue weighted by Gasteiger charge is 2.11. The van der Waals surface area contributed by atoms with Gasteiger partial charge in [-0.15, -0.1) is 0 Å². The molecule has 2 rings (SSSR count). The lowest BCUT2D eigenvalue weighted by atomic mass is 10.1. The molecule has 1 N–H and O–H groups in total. The summed E-state index contributed by atoms with van der Waals surface area (Å²) in [6.45, 7) is 5.08. The number of halogens is 1. The van der Waals surface area contributed by atoms with Crippen LogP contribution in [0.1, 0.15) is 30.4 Å². The van der Waals surface area contributed by atoms with Gasteiger partial charge in [0, 0.05) is 18.5 Å². The number of ether oxygens (including phenoxy) is 1. The minimum absolute atomic E-state index is 0.669. The number of rotatable bonds is 6. The van der Waals surface area contributed by atoms with Crippen LogP contribution in [-0.4, -0.2) is 23.6 Å². The minimum Gasteiger partial charge on any atom is -0.496 e. The molecular weight excluding hydrogens is 377 g/mol. The zero-order chi connectivity index (χ0) is 15.2. The Morgan fingerprint density at radius 2 is 2.00 bits per heavy atom. The largest absolute Gasteiger partial charge is 0.496 e. The van der Waals surface area contributed by atoms with E-state index < -0.39 is 0 Å². The van der Waals surface area contributed by atoms with Gasteiger partial charge >= 0.3 is 0 Å². The van der Waals surface area contributed by atoms with Gasteiger partial charge < -0.3 is 10.1 Å².